The second kappa shape index (κ2) is 8.34. The number of nitriles is 1. The fourth-order valence-corrected chi connectivity index (χ4v) is 3.30. The summed E-state index contributed by atoms with van der Waals surface area (Å²) in [5.74, 6) is 0.533. The van der Waals surface area contributed by atoms with Crippen molar-refractivity contribution >= 4 is 5.96 Å². The van der Waals surface area contributed by atoms with Crippen molar-refractivity contribution in [1.82, 2.24) is 5.32 Å². The van der Waals surface area contributed by atoms with Crippen molar-refractivity contribution < 1.29 is 0 Å². The first-order chi connectivity index (χ1) is 12.3. The Morgan fingerprint density at radius 1 is 1.08 bits per heavy atom. The van der Waals surface area contributed by atoms with Gasteiger partial charge in [-0.15, -0.1) is 0 Å². The van der Waals surface area contributed by atoms with Gasteiger partial charge in [-0.05, 0) is 35.6 Å². The summed E-state index contributed by atoms with van der Waals surface area (Å²) in [6, 6.07) is 18.5. The molecule has 0 unspecified atom stereocenters. The van der Waals surface area contributed by atoms with Crippen molar-refractivity contribution in [1.29, 1.82) is 5.26 Å². The second-order valence-corrected chi connectivity index (χ2v) is 6.54. The minimum Gasteiger partial charge on any atom is -0.370 e. The summed E-state index contributed by atoms with van der Waals surface area (Å²) in [6.45, 7) is 0.561. The standard InChI is InChI=1S/C21H24N4/c22-14-18-6-4-5-9-20(18)17-12-10-16(11-13-17)15-24-21(23)25-19-7-2-1-3-8-19/h4-6,9-13,19H,1-3,7-8,15H2,(H3,23,24,25). The van der Waals surface area contributed by atoms with Crippen molar-refractivity contribution in [2.24, 2.45) is 10.7 Å². The molecule has 4 nitrogen and oxygen atoms in total. The van der Waals surface area contributed by atoms with E-state index in [-0.39, 0.29) is 0 Å². The van der Waals surface area contributed by atoms with E-state index in [1.54, 1.807) is 0 Å². The number of hydrogen-bond donors (Lipinski definition) is 2. The van der Waals surface area contributed by atoms with Crippen LogP contribution in [0.2, 0.25) is 0 Å². The van der Waals surface area contributed by atoms with Crippen LogP contribution in [0.15, 0.2) is 53.5 Å². The fraction of sp³-hybridized carbons (Fsp3) is 0.333. The van der Waals surface area contributed by atoms with Crippen LogP contribution in [0.5, 0.6) is 0 Å². The number of benzene rings is 2. The Balaban J connectivity index is 1.62. The molecule has 1 fully saturated rings. The molecular weight excluding hydrogens is 308 g/mol. The Hall–Kier alpha value is -2.80. The van der Waals surface area contributed by atoms with Crippen molar-refractivity contribution in [3.05, 3.63) is 59.7 Å². The van der Waals surface area contributed by atoms with Gasteiger partial charge in [-0.1, -0.05) is 61.7 Å². The molecule has 2 aromatic carbocycles. The van der Waals surface area contributed by atoms with Gasteiger partial charge in [0.05, 0.1) is 18.2 Å². The summed E-state index contributed by atoms with van der Waals surface area (Å²) in [4.78, 5) is 4.46. The highest BCUT2D eigenvalue weighted by Crippen LogP contribution is 2.23. The number of nitrogens with zero attached hydrogens (tertiary/aromatic N) is 2. The van der Waals surface area contributed by atoms with Crippen LogP contribution in [0, 0.1) is 11.3 Å². The van der Waals surface area contributed by atoms with E-state index in [9.17, 15) is 5.26 Å². The third kappa shape index (κ3) is 4.60. The predicted octanol–water partition coefficient (Wildman–Crippen LogP) is 3.96. The zero-order valence-corrected chi connectivity index (χ0v) is 14.4. The van der Waals surface area contributed by atoms with Crippen molar-refractivity contribution in [2.45, 2.75) is 44.7 Å². The fourth-order valence-electron chi connectivity index (χ4n) is 3.30. The van der Waals surface area contributed by atoms with Crippen LogP contribution in [0.3, 0.4) is 0 Å². The minimum atomic E-state index is 0.474. The zero-order chi connectivity index (χ0) is 17.5. The Morgan fingerprint density at radius 3 is 2.52 bits per heavy atom. The number of aliphatic imine (C=N–C) groups is 1. The number of nitrogens with two attached hydrogens (primary N) is 1. The first-order valence-corrected chi connectivity index (χ1v) is 8.91. The maximum atomic E-state index is 9.23. The van der Waals surface area contributed by atoms with Crippen LogP contribution < -0.4 is 11.1 Å². The Morgan fingerprint density at radius 2 is 1.80 bits per heavy atom. The molecule has 0 aromatic heterocycles. The van der Waals surface area contributed by atoms with Gasteiger partial charge in [0, 0.05) is 6.04 Å². The molecule has 25 heavy (non-hydrogen) atoms. The van der Waals surface area contributed by atoms with Gasteiger partial charge in [0.25, 0.3) is 0 Å². The van der Waals surface area contributed by atoms with Crippen LogP contribution in [0.25, 0.3) is 11.1 Å². The topological polar surface area (TPSA) is 74.2 Å². The average molecular weight is 332 g/mol. The Bertz CT molecular complexity index is 765. The predicted molar refractivity (Wildman–Crippen MR) is 102 cm³/mol. The van der Waals surface area contributed by atoms with E-state index in [1.807, 2.05) is 48.5 Å². The summed E-state index contributed by atoms with van der Waals surface area (Å²) >= 11 is 0. The molecule has 1 aliphatic carbocycles. The van der Waals surface area contributed by atoms with Gasteiger partial charge in [0.15, 0.2) is 5.96 Å². The van der Waals surface area contributed by atoms with Gasteiger partial charge < -0.3 is 11.1 Å². The number of hydrogen-bond acceptors (Lipinski definition) is 2. The summed E-state index contributed by atoms with van der Waals surface area (Å²) in [7, 11) is 0. The molecular formula is C21H24N4. The van der Waals surface area contributed by atoms with Crippen LogP contribution >= 0.6 is 0 Å². The van der Waals surface area contributed by atoms with E-state index in [1.165, 1.54) is 32.1 Å². The number of guanidine groups is 1. The van der Waals surface area contributed by atoms with Gasteiger partial charge >= 0.3 is 0 Å². The first kappa shape index (κ1) is 17.0. The molecule has 0 bridgehead atoms. The van der Waals surface area contributed by atoms with Gasteiger partial charge in [-0.2, -0.15) is 5.26 Å². The molecule has 0 aliphatic heterocycles. The van der Waals surface area contributed by atoms with Gasteiger partial charge in [-0.25, -0.2) is 4.99 Å². The maximum absolute atomic E-state index is 9.23. The van der Waals surface area contributed by atoms with Gasteiger partial charge in [-0.3, -0.25) is 0 Å². The molecule has 0 radical (unpaired) electrons. The van der Waals surface area contributed by atoms with Crippen LogP contribution in [-0.4, -0.2) is 12.0 Å². The zero-order valence-electron chi connectivity index (χ0n) is 14.4. The summed E-state index contributed by atoms with van der Waals surface area (Å²) in [6.07, 6.45) is 6.25. The molecule has 2 aromatic rings. The Kier molecular flexibility index (Phi) is 5.69. The smallest absolute Gasteiger partial charge is 0.189 e. The van der Waals surface area contributed by atoms with Crippen molar-refractivity contribution in [3.63, 3.8) is 0 Å². The molecule has 0 spiro atoms. The molecule has 128 valence electrons. The number of rotatable bonds is 4. The third-order valence-corrected chi connectivity index (χ3v) is 4.70. The SMILES string of the molecule is N#Cc1ccccc1-c1ccc(CN=C(N)NC2CCCCC2)cc1. The third-order valence-electron chi connectivity index (χ3n) is 4.70. The molecule has 1 saturated carbocycles. The van der Waals surface area contributed by atoms with Crippen molar-refractivity contribution in [2.75, 3.05) is 0 Å². The lowest BCUT2D eigenvalue weighted by atomic mass is 9.96. The lowest BCUT2D eigenvalue weighted by Gasteiger charge is -2.23. The van der Waals surface area contributed by atoms with Gasteiger partial charge in [0.2, 0.25) is 0 Å². The molecule has 1 aliphatic rings. The molecule has 0 heterocycles. The lowest BCUT2D eigenvalue weighted by Crippen LogP contribution is -2.41. The maximum Gasteiger partial charge on any atom is 0.189 e. The normalized spacial score (nSPS) is 15.6. The van der Waals surface area contributed by atoms with E-state index >= 15 is 0 Å². The molecule has 0 atom stereocenters. The van der Waals surface area contributed by atoms with Crippen LogP contribution in [-0.2, 0) is 6.54 Å². The molecule has 4 heteroatoms. The largest absolute Gasteiger partial charge is 0.370 e. The van der Waals surface area contributed by atoms with E-state index in [2.05, 4.69) is 16.4 Å². The number of nitrogens with one attached hydrogen (secondary N) is 1. The average Bonchev–Trinajstić information content (AvgIpc) is 2.67. The Labute approximate surface area is 149 Å². The van der Waals surface area contributed by atoms with Crippen molar-refractivity contribution in [3.8, 4) is 17.2 Å². The van der Waals surface area contributed by atoms with Crippen LogP contribution in [0.4, 0.5) is 0 Å². The molecule has 0 amide bonds. The first-order valence-electron chi connectivity index (χ1n) is 8.91. The van der Waals surface area contributed by atoms with E-state index in [4.69, 9.17) is 5.73 Å². The molecule has 3 N–H and O–H groups in total. The molecule has 3 rings (SSSR count). The van der Waals surface area contributed by atoms with Crippen LogP contribution in [0.1, 0.15) is 43.2 Å². The highest BCUT2D eigenvalue weighted by atomic mass is 15.1. The highest BCUT2D eigenvalue weighted by molar-refractivity contribution is 5.78. The van der Waals surface area contributed by atoms with E-state index < -0.39 is 0 Å². The summed E-state index contributed by atoms with van der Waals surface area (Å²) in [5, 5.41) is 12.6. The van der Waals surface area contributed by atoms with E-state index in [0.717, 1.165) is 16.7 Å². The lowest BCUT2D eigenvalue weighted by molar-refractivity contribution is 0.412. The highest BCUT2D eigenvalue weighted by Gasteiger charge is 2.13. The quantitative estimate of drug-likeness (QED) is 0.657. The van der Waals surface area contributed by atoms with Gasteiger partial charge in [0.1, 0.15) is 0 Å². The second-order valence-electron chi connectivity index (χ2n) is 6.54. The minimum absolute atomic E-state index is 0.474. The summed E-state index contributed by atoms with van der Waals surface area (Å²) in [5.41, 5.74) is 9.80. The van der Waals surface area contributed by atoms with E-state index in [0.29, 0.717) is 24.1 Å². The molecule has 0 saturated heterocycles. The monoisotopic (exact) mass is 332 g/mol. The summed E-state index contributed by atoms with van der Waals surface area (Å²) < 4.78 is 0.